The van der Waals surface area contributed by atoms with E-state index < -0.39 is 4.92 Å². The topological polar surface area (TPSA) is 91.2 Å². The van der Waals surface area contributed by atoms with E-state index >= 15 is 0 Å². The second kappa shape index (κ2) is 5.33. The van der Waals surface area contributed by atoms with Crippen molar-refractivity contribution in [2.45, 2.75) is 6.42 Å². The molecule has 0 aliphatic carbocycles. The Balaban J connectivity index is 2.20. The monoisotopic (exact) mass is 247 g/mol. The number of nitrogens with one attached hydrogen (secondary N) is 2. The van der Waals surface area contributed by atoms with E-state index in [4.69, 9.17) is 5.11 Å². The Kier molecular flexibility index (Phi) is 3.59. The SMILES string of the molecule is O=[N+]([O-])c1ccccc1Nc1cc(CCO)c[nH]1. The lowest BCUT2D eigenvalue weighted by molar-refractivity contribution is -0.383. The molecule has 2 rings (SSSR count). The van der Waals surface area contributed by atoms with Gasteiger partial charge in [0.1, 0.15) is 11.5 Å². The summed E-state index contributed by atoms with van der Waals surface area (Å²) in [6.45, 7) is 0.0722. The van der Waals surface area contributed by atoms with Gasteiger partial charge < -0.3 is 15.4 Å². The quantitative estimate of drug-likeness (QED) is 0.558. The van der Waals surface area contributed by atoms with Crippen LogP contribution in [0.2, 0.25) is 0 Å². The first-order valence-electron chi connectivity index (χ1n) is 5.49. The lowest BCUT2D eigenvalue weighted by atomic mass is 10.2. The highest BCUT2D eigenvalue weighted by Crippen LogP contribution is 2.26. The molecule has 1 aromatic carbocycles. The second-order valence-corrected chi connectivity index (χ2v) is 3.79. The molecule has 3 N–H and O–H groups in total. The van der Waals surface area contributed by atoms with Gasteiger partial charge in [0, 0.05) is 18.9 Å². The molecule has 1 heterocycles. The van der Waals surface area contributed by atoms with E-state index in [-0.39, 0.29) is 12.3 Å². The van der Waals surface area contributed by atoms with Gasteiger partial charge in [-0.25, -0.2) is 0 Å². The first-order chi connectivity index (χ1) is 8.70. The molecule has 6 heteroatoms. The maximum absolute atomic E-state index is 10.8. The third-order valence-electron chi connectivity index (χ3n) is 2.51. The van der Waals surface area contributed by atoms with Crippen LogP contribution in [0.3, 0.4) is 0 Å². The fourth-order valence-electron chi connectivity index (χ4n) is 1.67. The minimum atomic E-state index is -0.431. The molecule has 0 unspecified atom stereocenters. The highest BCUT2D eigenvalue weighted by atomic mass is 16.6. The average Bonchev–Trinajstić information content (AvgIpc) is 2.77. The smallest absolute Gasteiger partial charge is 0.292 e. The highest BCUT2D eigenvalue weighted by molar-refractivity contribution is 5.67. The molecule has 6 nitrogen and oxygen atoms in total. The van der Waals surface area contributed by atoms with Crippen LogP contribution in [0.5, 0.6) is 0 Å². The molecule has 0 aliphatic rings. The van der Waals surface area contributed by atoms with E-state index in [1.807, 2.05) is 6.07 Å². The summed E-state index contributed by atoms with van der Waals surface area (Å²) in [7, 11) is 0. The third-order valence-corrected chi connectivity index (χ3v) is 2.51. The predicted molar refractivity (Wildman–Crippen MR) is 68.0 cm³/mol. The molecule has 0 bridgehead atoms. The van der Waals surface area contributed by atoms with Crippen molar-refractivity contribution < 1.29 is 10.0 Å². The Labute approximate surface area is 103 Å². The summed E-state index contributed by atoms with van der Waals surface area (Å²) in [5.41, 5.74) is 1.40. The van der Waals surface area contributed by atoms with Crippen LogP contribution in [0.4, 0.5) is 17.2 Å². The van der Waals surface area contributed by atoms with Crippen LogP contribution in [0, 0.1) is 10.1 Å². The number of nitro groups is 1. The molecule has 0 fully saturated rings. The van der Waals surface area contributed by atoms with E-state index in [1.165, 1.54) is 6.07 Å². The second-order valence-electron chi connectivity index (χ2n) is 3.79. The minimum absolute atomic E-state index is 0.0239. The minimum Gasteiger partial charge on any atom is -0.396 e. The molecule has 0 atom stereocenters. The summed E-state index contributed by atoms with van der Waals surface area (Å²) in [4.78, 5) is 13.4. The number of anilines is 2. The number of para-hydroxylation sites is 2. The maximum Gasteiger partial charge on any atom is 0.292 e. The Morgan fingerprint density at radius 2 is 2.17 bits per heavy atom. The van der Waals surface area contributed by atoms with E-state index in [0.29, 0.717) is 17.9 Å². The van der Waals surface area contributed by atoms with Crippen molar-refractivity contribution in [3.63, 3.8) is 0 Å². The Bertz CT molecular complexity index is 551. The average molecular weight is 247 g/mol. The molecule has 0 spiro atoms. The number of aromatic nitrogens is 1. The van der Waals surface area contributed by atoms with Crippen molar-refractivity contribution >= 4 is 17.2 Å². The van der Waals surface area contributed by atoms with Crippen LogP contribution in [0.25, 0.3) is 0 Å². The fraction of sp³-hybridized carbons (Fsp3) is 0.167. The number of nitrogens with zero attached hydrogens (tertiary/aromatic N) is 1. The van der Waals surface area contributed by atoms with Crippen molar-refractivity contribution in [1.82, 2.24) is 4.98 Å². The van der Waals surface area contributed by atoms with E-state index in [1.54, 1.807) is 24.4 Å². The van der Waals surface area contributed by atoms with Gasteiger partial charge in [-0.3, -0.25) is 10.1 Å². The van der Waals surface area contributed by atoms with Gasteiger partial charge in [-0.2, -0.15) is 0 Å². The number of hydrogen-bond donors (Lipinski definition) is 3. The zero-order valence-electron chi connectivity index (χ0n) is 9.59. The molecule has 2 aromatic rings. The summed E-state index contributed by atoms with van der Waals surface area (Å²) in [5, 5.41) is 22.6. The van der Waals surface area contributed by atoms with Gasteiger partial charge in [0.05, 0.1) is 4.92 Å². The van der Waals surface area contributed by atoms with E-state index in [0.717, 1.165) is 5.56 Å². The van der Waals surface area contributed by atoms with Crippen molar-refractivity contribution in [1.29, 1.82) is 0 Å². The summed E-state index contributed by atoms with van der Waals surface area (Å²) < 4.78 is 0. The normalized spacial score (nSPS) is 10.3. The predicted octanol–water partition coefficient (Wildman–Crippen LogP) is 2.20. The van der Waals surface area contributed by atoms with Gasteiger partial charge in [0.2, 0.25) is 0 Å². The molecule has 0 aliphatic heterocycles. The molecular formula is C12H13N3O3. The Hall–Kier alpha value is -2.34. The number of aliphatic hydroxyl groups excluding tert-OH is 1. The highest BCUT2D eigenvalue weighted by Gasteiger charge is 2.12. The van der Waals surface area contributed by atoms with Gasteiger partial charge in [0.15, 0.2) is 0 Å². The molecule has 0 amide bonds. The molecule has 0 saturated carbocycles. The van der Waals surface area contributed by atoms with Gasteiger partial charge >= 0.3 is 0 Å². The van der Waals surface area contributed by atoms with Gasteiger partial charge in [-0.05, 0) is 24.1 Å². The van der Waals surface area contributed by atoms with Crippen LogP contribution in [0.15, 0.2) is 36.5 Å². The van der Waals surface area contributed by atoms with Crippen LogP contribution in [-0.4, -0.2) is 21.6 Å². The standard InChI is InChI=1S/C12H13N3O3/c16-6-5-9-7-12(13-8-9)14-10-3-1-2-4-11(10)15(17)18/h1-4,7-8,13-14,16H,5-6H2. The largest absolute Gasteiger partial charge is 0.396 e. The van der Waals surface area contributed by atoms with Crippen molar-refractivity contribution in [2.75, 3.05) is 11.9 Å². The van der Waals surface area contributed by atoms with Crippen LogP contribution >= 0.6 is 0 Å². The number of nitro benzene ring substituents is 1. The first-order valence-corrected chi connectivity index (χ1v) is 5.49. The number of benzene rings is 1. The Morgan fingerprint density at radius 1 is 1.39 bits per heavy atom. The molecular weight excluding hydrogens is 234 g/mol. The summed E-state index contributed by atoms with van der Waals surface area (Å²) in [6.07, 6.45) is 2.31. The summed E-state index contributed by atoms with van der Waals surface area (Å²) >= 11 is 0. The number of aromatic amines is 1. The van der Waals surface area contributed by atoms with Gasteiger partial charge in [0.25, 0.3) is 5.69 Å². The zero-order chi connectivity index (χ0) is 13.0. The van der Waals surface area contributed by atoms with Crippen molar-refractivity contribution in [2.24, 2.45) is 0 Å². The number of H-pyrrole nitrogens is 1. The van der Waals surface area contributed by atoms with Crippen molar-refractivity contribution in [3.05, 3.63) is 52.2 Å². The van der Waals surface area contributed by atoms with Gasteiger partial charge in [-0.15, -0.1) is 0 Å². The lowest BCUT2D eigenvalue weighted by Gasteiger charge is -2.04. The van der Waals surface area contributed by atoms with E-state index in [9.17, 15) is 10.1 Å². The lowest BCUT2D eigenvalue weighted by Crippen LogP contribution is -1.96. The fourth-order valence-corrected chi connectivity index (χ4v) is 1.67. The number of rotatable bonds is 5. The van der Waals surface area contributed by atoms with Crippen LogP contribution in [0.1, 0.15) is 5.56 Å². The number of hydrogen-bond acceptors (Lipinski definition) is 4. The zero-order valence-corrected chi connectivity index (χ0v) is 9.59. The number of aliphatic hydroxyl groups is 1. The summed E-state index contributed by atoms with van der Waals surface area (Å²) in [6, 6.07) is 8.25. The molecule has 1 aromatic heterocycles. The molecule has 94 valence electrons. The molecule has 18 heavy (non-hydrogen) atoms. The Morgan fingerprint density at radius 3 is 2.89 bits per heavy atom. The van der Waals surface area contributed by atoms with Gasteiger partial charge in [-0.1, -0.05) is 12.1 Å². The maximum atomic E-state index is 10.8. The molecule has 0 saturated heterocycles. The van der Waals surface area contributed by atoms with Crippen LogP contribution in [-0.2, 0) is 6.42 Å². The first kappa shape index (κ1) is 12.1. The molecule has 0 radical (unpaired) electrons. The van der Waals surface area contributed by atoms with E-state index in [2.05, 4.69) is 10.3 Å². The summed E-state index contributed by atoms with van der Waals surface area (Å²) in [5.74, 6) is 0.660. The van der Waals surface area contributed by atoms with Crippen LogP contribution < -0.4 is 5.32 Å². The third kappa shape index (κ3) is 2.67. The van der Waals surface area contributed by atoms with Crippen molar-refractivity contribution in [3.8, 4) is 0 Å².